The minimum Gasteiger partial charge on any atom is -0.324 e. The summed E-state index contributed by atoms with van der Waals surface area (Å²) in [5.41, 5.74) is -1.62. The molecule has 1 aliphatic heterocycles. The fraction of sp³-hybridized carbons (Fsp3) is 0.400. The van der Waals surface area contributed by atoms with E-state index in [-0.39, 0.29) is 30.4 Å². The molecule has 1 fully saturated rings. The molecule has 3 rings (SSSR count). The van der Waals surface area contributed by atoms with Crippen molar-refractivity contribution in [2.75, 3.05) is 6.54 Å². The van der Waals surface area contributed by atoms with E-state index in [1.165, 1.54) is 12.1 Å². The van der Waals surface area contributed by atoms with Gasteiger partial charge in [0, 0.05) is 5.56 Å². The van der Waals surface area contributed by atoms with Crippen molar-refractivity contribution in [3.05, 3.63) is 29.8 Å². The van der Waals surface area contributed by atoms with Crippen molar-refractivity contribution >= 4 is 11.9 Å². The van der Waals surface area contributed by atoms with Crippen molar-refractivity contribution in [3.8, 4) is 11.4 Å². The third-order valence-electron chi connectivity index (χ3n) is 3.87. The summed E-state index contributed by atoms with van der Waals surface area (Å²) in [6.07, 6.45) is -4.47. The van der Waals surface area contributed by atoms with E-state index in [1.807, 2.05) is 0 Å². The van der Waals surface area contributed by atoms with Crippen LogP contribution in [-0.2, 0) is 17.5 Å². The van der Waals surface area contributed by atoms with Crippen LogP contribution in [0.4, 0.5) is 18.0 Å². The van der Waals surface area contributed by atoms with Crippen molar-refractivity contribution in [1.29, 1.82) is 0 Å². The molecule has 0 aliphatic carbocycles. The maximum absolute atomic E-state index is 12.8. The predicted octanol–water partition coefficient (Wildman–Crippen LogP) is 1.69. The summed E-state index contributed by atoms with van der Waals surface area (Å²) in [5.74, 6) is -0.352. The van der Waals surface area contributed by atoms with E-state index in [2.05, 4.69) is 20.7 Å². The van der Waals surface area contributed by atoms with Crippen molar-refractivity contribution in [1.82, 2.24) is 30.4 Å². The summed E-state index contributed by atoms with van der Waals surface area (Å²) < 4.78 is 38.3. The maximum atomic E-state index is 12.8. The van der Waals surface area contributed by atoms with Gasteiger partial charge in [-0.2, -0.15) is 18.0 Å². The van der Waals surface area contributed by atoms with Gasteiger partial charge in [0.25, 0.3) is 5.91 Å². The van der Waals surface area contributed by atoms with E-state index in [0.29, 0.717) is 0 Å². The number of carbonyl (C=O) groups excluding carboxylic acids is 2. The monoisotopic (exact) mass is 368 g/mol. The van der Waals surface area contributed by atoms with Gasteiger partial charge >= 0.3 is 12.2 Å². The third kappa shape index (κ3) is 3.37. The Morgan fingerprint density at radius 1 is 1.19 bits per heavy atom. The lowest BCUT2D eigenvalue weighted by Crippen LogP contribution is -2.40. The fourth-order valence-corrected chi connectivity index (χ4v) is 2.50. The van der Waals surface area contributed by atoms with Crippen molar-refractivity contribution in [3.63, 3.8) is 0 Å². The van der Waals surface area contributed by atoms with Gasteiger partial charge in [0.05, 0.1) is 18.7 Å². The first-order valence-electron chi connectivity index (χ1n) is 7.67. The molecule has 0 atom stereocenters. The molecule has 1 N–H and O–H groups in total. The molecule has 1 aliphatic rings. The number of amides is 3. The molecule has 0 bridgehead atoms. The molecular weight excluding hydrogens is 353 g/mol. The molecule has 138 valence electrons. The average Bonchev–Trinajstić information content (AvgIpc) is 3.09. The van der Waals surface area contributed by atoms with Gasteiger partial charge in [-0.05, 0) is 31.2 Å². The standard InChI is InChI=1S/C15H15F3N6O2/c1-14(2)12(25)23(13(26)19-14)6-7-24-21-11(20-22-24)9-4-3-5-10(8-9)15(16,17)18/h3-5,8H,6-7H2,1-2H3,(H,19,26). The highest BCUT2D eigenvalue weighted by Crippen LogP contribution is 2.31. The van der Waals surface area contributed by atoms with Crippen LogP contribution in [0.2, 0.25) is 0 Å². The van der Waals surface area contributed by atoms with Gasteiger partial charge in [-0.25, -0.2) is 4.79 Å². The third-order valence-corrected chi connectivity index (χ3v) is 3.87. The molecule has 1 saturated heterocycles. The Bertz CT molecular complexity index is 861. The number of carbonyl (C=O) groups is 2. The van der Waals surface area contributed by atoms with Gasteiger partial charge in [-0.3, -0.25) is 9.69 Å². The highest BCUT2D eigenvalue weighted by molar-refractivity contribution is 6.06. The summed E-state index contributed by atoms with van der Waals surface area (Å²) in [4.78, 5) is 26.1. The Hall–Kier alpha value is -2.98. The normalized spacial score (nSPS) is 16.9. The van der Waals surface area contributed by atoms with E-state index < -0.39 is 23.3 Å². The van der Waals surface area contributed by atoms with Crippen LogP contribution in [0.3, 0.4) is 0 Å². The number of halogens is 3. The van der Waals surface area contributed by atoms with Gasteiger partial charge in [-0.1, -0.05) is 12.1 Å². The maximum Gasteiger partial charge on any atom is 0.416 e. The minimum absolute atomic E-state index is 0.0203. The van der Waals surface area contributed by atoms with Crippen LogP contribution < -0.4 is 5.32 Å². The number of tetrazole rings is 1. The van der Waals surface area contributed by atoms with Gasteiger partial charge < -0.3 is 5.32 Å². The lowest BCUT2D eigenvalue weighted by Gasteiger charge is -2.15. The Labute approximate surface area is 146 Å². The summed E-state index contributed by atoms with van der Waals surface area (Å²) in [6, 6.07) is 4.07. The molecule has 0 radical (unpaired) electrons. The molecule has 0 saturated carbocycles. The predicted molar refractivity (Wildman–Crippen MR) is 82.6 cm³/mol. The first-order chi connectivity index (χ1) is 12.1. The highest BCUT2D eigenvalue weighted by Gasteiger charge is 2.43. The molecule has 1 aromatic heterocycles. The smallest absolute Gasteiger partial charge is 0.324 e. The number of rotatable bonds is 4. The minimum atomic E-state index is -4.47. The van der Waals surface area contributed by atoms with Crippen molar-refractivity contribution in [2.24, 2.45) is 0 Å². The largest absolute Gasteiger partial charge is 0.416 e. The zero-order valence-corrected chi connectivity index (χ0v) is 13.9. The number of nitrogens with zero attached hydrogens (tertiary/aromatic N) is 5. The summed E-state index contributed by atoms with van der Waals surface area (Å²) >= 11 is 0. The van der Waals surface area contributed by atoms with E-state index in [9.17, 15) is 22.8 Å². The molecule has 1 aromatic carbocycles. The second kappa shape index (κ2) is 6.07. The van der Waals surface area contributed by atoms with Crippen LogP contribution in [0.5, 0.6) is 0 Å². The Kier molecular flexibility index (Phi) is 4.17. The number of nitrogens with one attached hydrogen (secondary N) is 1. The zero-order valence-electron chi connectivity index (χ0n) is 13.9. The molecule has 2 heterocycles. The molecule has 8 nitrogen and oxygen atoms in total. The SMILES string of the molecule is CC1(C)NC(=O)N(CCn2nnc(-c3cccc(C(F)(F)F)c3)n2)C1=O. The molecule has 3 amide bonds. The van der Waals surface area contributed by atoms with Crippen LogP contribution in [-0.4, -0.2) is 49.1 Å². The van der Waals surface area contributed by atoms with Crippen molar-refractivity contribution < 1.29 is 22.8 Å². The molecule has 11 heteroatoms. The van der Waals surface area contributed by atoms with Gasteiger partial charge in [0.15, 0.2) is 0 Å². The number of benzene rings is 1. The summed E-state index contributed by atoms with van der Waals surface area (Å²) in [7, 11) is 0. The van der Waals surface area contributed by atoms with Crippen LogP contribution >= 0.6 is 0 Å². The fourth-order valence-electron chi connectivity index (χ4n) is 2.50. The topological polar surface area (TPSA) is 93.0 Å². The van der Waals surface area contributed by atoms with Crippen LogP contribution in [0.1, 0.15) is 19.4 Å². The van der Waals surface area contributed by atoms with E-state index in [1.54, 1.807) is 13.8 Å². The van der Waals surface area contributed by atoms with E-state index in [4.69, 9.17) is 0 Å². The quantitative estimate of drug-likeness (QED) is 0.829. The van der Waals surface area contributed by atoms with Crippen LogP contribution in [0.25, 0.3) is 11.4 Å². The number of hydrogen-bond donors (Lipinski definition) is 1. The first kappa shape index (κ1) is 17.8. The van der Waals surface area contributed by atoms with Gasteiger partial charge in [-0.15, -0.1) is 10.2 Å². The highest BCUT2D eigenvalue weighted by atomic mass is 19.4. The van der Waals surface area contributed by atoms with Gasteiger partial charge in [0.1, 0.15) is 5.54 Å². The molecule has 0 spiro atoms. The number of imide groups is 1. The number of urea groups is 1. The van der Waals surface area contributed by atoms with Crippen LogP contribution in [0, 0.1) is 0 Å². The van der Waals surface area contributed by atoms with Crippen molar-refractivity contribution in [2.45, 2.75) is 32.1 Å². The first-order valence-corrected chi connectivity index (χ1v) is 7.67. The van der Waals surface area contributed by atoms with Crippen LogP contribution in [0.15, 0.2) is 24.3 Å². The number of alkyl halides is 3. The Balaban J connectivity index is 1.71. The Morgan fingerprint density at radius 3 is 2.54 bits per heavy atom. The molecule has 2 aromatic rings. The number of hydrogen-bond acceptors (Lipinski definition) is 5. The number of aromatic nitrogens is 4. The second-order valence-electron chi connectivity index (χ2n) is 6.30. The molecule has 26 heavy (non-hydrogen) atoms. The lowest BCUT2D eigenvalue weighted by molar-refractivity contribution is -0.137. The summed E-state index contributed by atoms with van der Waals surface area (Å²) in [6.45, 7) is 3.27. The average molecular weight is 368 g/mol. The van der Waals surface area contributed by atoms with E-state index in [0.717, 1.165) is 21.8 Å². The second-order valence-corrected chi connectivity index (χ2v) is 6.30. The lowest BCUT2D eigenvalue weighted by atomic mass is 10.1. The summed E-state index contributed by atoms with van der Waals surface area (Å²) in [5, 5.41) is 14.0. The molecular formula is C15H15F3N6O2. The molecule has 0 unspecified atom stereocenters. The Morgan fingerprint density at radius 2 is 1.92 bits per heavy atom. The van der Waals surface area contributed by atoms with Gasteiger partial charge in [0.2, 0.25) is 5.82 Å². The zero-order chi connectivity index (χ0) is 19.1. The van der Waals surface area contributed by atoms with E-state index >= 15 is 0 Å².